The second-order valence-electron chi connectivity index (χ2n) is 13.2. The first-order chi connectivity index (χ1) is 25.2. The molecule has 1 fully saturated rings. The standard InChI is InChI=1S/C44H43ClO5/c45-40-23-22-39(25-37(40)24-31-16-18-35(19-17-31)36-20-21-36)44(47)26-38(30-48-27-32-10-4-1-5-11-32)42(49-28-33-12-6-2-7-13-33)41(46)43(44)50-29-34-14-8-3-9-15-34/h1-19,22-23,25-26,36,41-43,46-47H,20-21,24,27-30H2/t41-,42+,43+,44+/m0/s1/i24D2. The van der Waals surface area contributed by atoms with E-state index in [0.29, 0.717) is 29.2 Å². The lowest BCUT2D eigenvalue weighted by molar-refractivity contribution is -0.184. The Kier molecular flexibility index (Phi) is 10.1. The van der Waals surface area contributed by atoms with Crippen molar-refractivity contribution in [1.82, 2.24) is 0 Å². The maximum atomic E-state index is 12.9. The SMILES string of the molecule is [2H]C([2H])(c1ccc(C2CC2)cc1)c1cc([C@]2(O)C=C(COCc3ccccc3)[C@@H](OCc3ccccc3)[C@H](O)[C@H]2OCc2ccccc2)ccc1Cl. The van der Waals surface area contributed by atoms with Crippen molar-refractivity contribution >= 4 is 11.6 Å². The normalized spacial score (nSPS) is 22.8. The van der Waals surface area contributed by atoms with Gasteiger partial charge >= 0.3 is 0 Å². The van der Waals surface area contributed by atoms with Gasteiger partial charge in [0, 0.05) is 7.76 Å². The van der Waals surface area contributed by atoms with E-state index < -0.39 is 30.3 Å². The smallest absolute Gasteiger partial charge is 0.137 e. The molecular formula is C44H43ClO5. The summed E-state index contributed by atoms with van der Waals surface area (Å²) in [4.78, 5) is 0. The highest BCUT2D eigenvalue weighted by Crippen LogP contribution is 2.42. The van der Waals surface area contributed by atoms with Crippen molar-refractivity contribution < 1.29 is 27.2 Å². The van der Waals surface area contributed by atoms with E-state index in [0.717, 1.165) is 29.5 Å². The first-order valence-corrected chi connectivity index (χ1v) is 17.6. The fourth-order valence-electron chi connectivity index (χ4n) is 6.55. The zero-order valence-electron chi connectivity index (χ0n) is 29.8. The molecule has 5 nitrogen and oxygen atoms in total. The summed E-state index contributed by atoms with van der Waals surface area (Å²) in [7, 11) is 0. The largest absolute Gasteiger partial charge is 0.387 e. The third kappa shape index (κ3) is 8.27. The van der Waals surface area contributed by atoms with Gasteiger partial charge in [-0.05, 0) is 81.8 Å². The Hall–Kier alpha value is -4.07. The summed E-state index contributed by atoms with van der Waals surface area (Å²) in [5.41, 5.74) is 3.59. The Labute approximate surface area is 302 Å². The summed E-state index contributed by atoms with van der Waals surface area (Å²) in [5.74, 6) is 0.546. The van der Waals surface area contributed by atoms with Gasteiger partial charge in [-0.2, -0.15) is 0 Å². The maximum Gasteiger partial charge on any atom is 0.137 e. The van der Waals surface area contributed by atoms with Gasteiger partial charge in [0.25, 0.3) is 0 Å². The van der Waals surface area contributed by atoms with Gasteiger partial charge in [-0.1, -0.05) is 139 Å². The molecule has 2 aliphatic carbocycles. The summed E-state index contributed by atoms with van der Waals surface area (Å²) in [5, 5.41) is 25.3. The van der Waals surface area contributed by atoms with Crippen molar-refractivity contribution in [1.29, 1.82) is 0 Å². The van der Waals surface area contributed by atoms with Crippen LogP contribution in [0.1, 0.15) is 60.4 Å². The van der Waals surface area contributed by atoms with Crippen LogP contribution in [0.25, 0.3) is 0 Å². The molecule has 7 rings (SSSR count). The van der Waals surface area contributed by atoms with E-state index in [1.54, 1.807) is 24.3 Å². The third-order valence-corrected chi connectivity index (χ3v) is 9.75. The van der Waals surface area contributed by atoms with E-state index in [-0.39, 0.29) is 30.4 Å². The molecule has 4 atom stereocenters. The van der Waals surface area contributed by atoms with Crippen LogP contribution < -0.4 is 0 Å². The van der Waals surface area contributed by atoms with E-state index in [1.165, 1.54) is 5.56 Å². The van der Waals surface area contributed by atoms with Gasteiger partial charge in [0.1, 0.15) is 23.9 Å². The zero-order valence-corrected chi connectivity index (χ0v) is 28.6. The number of benzene rings is 5. The van der Waals surface area contributed by atoms with Crippen LogP contribution in [0.5, 0.6) is 0 Å². The molecule has 0 radical (unpaired) electrons. The van der Waals surface area contributed by atoms with Crippen molar-refractivity contribution in [2.45, 2.75) is 68.9 Å². The molecule has 0 aromatic heterocycles. The van der Waals surface area contributed by atoms with Gasteiger partial charge in [0.05, 0.1) is 26.4 Å². The van der Waals surface area contributed by atoms with Crippen molar-refractivity contribution in [3.8, 4) is 0 Å². The lowest BCUT2D eigenvalue weighted by atomic mass is 9.75. The van der Waals surface area contributed by atoms with Gasteiger partial charge in [0.15, 0.2) is 0 Å². The molecule has 1 saturated carbocycles. The minimum Gasteiger partial charge on any atom is -0.387 e. The van der Waals surface area contributed by atoms with Crippen LogP contribution in [0.3, 0.4) is 0 Å². The molecule has 0 amide bonds. The van der Waals surface area contributed by atoms with E-state index in [1.807, 2.05) is 115 Å². The molecule has 5 aromatic rings. The van der Waals surface area contributed by atoms with Gasteiger partial charge in [0.2, 0.25) is 0 Å². The average Bonchev–Trinajstić information content (AvgIpc) is 4.02. The molecule has 0 bridgehead atoms. The van der Waals surface area contributed by atoms with Crippen LogP contribution in [0.15, 0.2) is 145 Å². The first kappa shape index (κ1) is 31.9. The summed E-state index contributed by atoms with van der Waals surface area (Å²) in [6.07, 6.45) is -1.42. The molecule has 0 saturated heterocycles. The minimum atomic E-state index is -1.98. The van der Waals surface area contributed by atoms with Crippen molar-refractivity contribution in [2.24, 2.45) is 0 Å². The number of hydrogen-bond donors (Lipinski definition) is 2. The molecule has 0 heterocycles. The summed E-state index contributed by atoms with van der Waals surface area (Å²) in [6, 6.07) is 41.5. The quantitative estimate of drug-likeness (QED) is 0.114. The van der Waals surface area contributed by atoms with Crippen LogP contribution in [0.2, 0.25) is 5.02 Å². The predicted molar refractivity (Wildman–Crippen MR) is 197 cm³/mol. The fraction of sp³-hybridized carbons (Fsp3) is 0.273. The fourth-order valence-corrected chi connectivity index (χ4v) is 6.72. The maximum absolute atomic E-state index is 12.9. The number of aliphatic hydroxyl groups is 2. The van der Waals surface area contributed by atoms with Crippen molar-refractivity contribution in [2.75, 3.05) is 6.61 Å². The summed E-state index contributed by atoms with van der Waals surface area (Å²) < 4.78 is 37.5. The van der Waals surface area contributed by atoms with Gasteiger partial charge < -0.3 is 24.4 Å². The van der Waals surface area contributed by atoms with E-state index in [2.05, 4.69) is 0 Å². The van der Waals surface area contributed by atoms with Crippen LogP contribution in [0.4, 0.5) is 0 Å². The number of hydrogen-bond acceptors (Lipinski definition) is 5. The monoisotopic (exact) mass is 688 g/mol. The van der Waals surface area contributed by atoms with E-state index in [4.69, 9.17) is 25.8 Å². The average molecular weight is 689 g/mol. The Morgan fingerprint density at radius 2 is 1.26 bits per heavy atom. The molecule has 6 heteroatoms. The Bertz CT molecular complexity index is 1950. The van der Waals surface area contributed by atoms with Crippen molar-refractivity contribution in [3.63, 3.8) is 0 Å². The second-order valence-corrected chi connectivity index (χ2v) is 13.6. The third-order valence-electron chi connectivity index (χ3n) is 9.42. The van der Waals surface area contributed by atoms with Gasteiger partial charge in [-0.3, -0.25) is 0 Å². The van der Waals surface area contributed by atoms with Crippen LogP contribution in [0, 0.1) is 0 Å². The summed E-state index contributed by atoms with van der Waals surface area (Å²) >= 11 is 6.73. The highest BCUT2D eigenvalue weighted by atomic mass is 35.5. The molecule has 256 valence electrons. The van der Waals surface area contributed by atoms with Gasteiger partial charge in [-0.15, -0.1) is 0 Å². The van der Waals surface area contributed by atoms with Gasteiger partial charge in [-0.25, -0.2) is 0 Å². The van der Waals surface area contributed by atoms with Crippen LogP contribution in [-0.4, -0.2) is 35.1 Å². The number of rotatable bonds is 14. The molecule has 0 spiro atoms. The Morgan fingerprint density at radius 1 is 0.680 bits per heavy atom. The zero-order chi connectivity index (χ0) is 36.1. The van der Waals surface area contributed by atoms with Crippen LogP contribution >= 0.6 is 11.6 Å². The summed E-state index contributed by atoms with van der Waals surface area (Å²) in [6.45, 7) is 0.705. The second kappa shape index (κ2) is 15.9. The lowest BCUT2D eigenvalue weighted by Gasteiger charge is -2.45. The number of halogens is 1. The molecule has 2 N–H and O–H groups in total. The van der Waals surface area contributed by atoms with Crippen molar-refractivity contribution in [3.05, 3.63) is 189 Å². The molecule has 5 aromatic carbocycles. The minimum absolute atomic E-state index is 0.0632. The molecular weight excluding hydrogens is 644 g/mol. The van der Waals surface area contributed by atoms with E-state index >= 15 is 0 Å². The molecule has 0 aliphatic heterocycles. The van der Waals surface area contributed by atoms with E-state index in [9.17, 15) is 13.0 Å². The lowest BCUT2D eigenvalue weighted by Crippen LogP contribution is -2.56. The Balaban J connectivity index is 1.27. The first-order valence-electron chi connectivity index (χ1n) is 18.2. The number of aliphatic hydroxyl groups excluding tert-OH is 1. The van der Waals surface area contributed by atoms with Crippen LogP contribution in [-0.2, 0) is 46.0 Å². The highest BCUT2D eigenvalue weighted by molar-refractivity contribution is 6.31. The Morgan fingerprint density at radius 3 is 1.86 bits per heavy atom. The highest BCUT2D eigenvalue weighted by Gasteiger charge is 2.50. The number of ether oxygens (including phenoxy) is 3. The molecule has 0 unspecified atom stereocenters. The molecule has 2 aliphatic rings. The predicted octanol–water partition coefficient (Wildman–Crippen LogP) is 8.68. The molecule has 50 heavy (non-hydrogen) atoms. The topological polar surface area (TPSA) is 68.2 Å².